The van der Waals surface area contributed by atoms with E-state index in [1.165, 1.54) is 0 Å². The Morgan fingerprint density at radius 1 is 1.26 bits per heavy atom. The van der Waals surface area contributed by atoms with Gasteiger partial charge in [-0.25, -0.2) is 9.97 Å². The monoisotopic (exact) mass is 275 g/mol. The summed E-state index contributed by atoms with van der Waals surface area (Å²) in [5.74, 6) is 2.33. The van der Waals surface area contributed by atoms with Crippen molar-refractivity contribution in [2.75, 3.05) is 0 Å². The molecule has 0 spiro atoms. The van der Waals surface area contributed by atoms with Crippen molar-refractivity contribution in [1.82, 2.24) is 19.7 Å². The number of aromatic nitrogens is 4. The van der Waals surface area contributed by atoms with Gasteiger partial charge < -0.3 is 5.73 Å². The van der Waals surface area contributed by atoms with Crippen molar-refractivity contribution in [1.29, 1.82) is 0 Å². The van der Waals surface area contributed by atoms with Crippen molar-refractivity contribution < 1.29 is 0 Å². The van der Waals surface area contributed by atoms with E-state index in [0.29, 0.717) is 10.8 Å². The van der Waals surface area contributed by atoms with Crippen molar-refractivity contribution in [3.63, 3.8) is 0 Å². The maximum atomic E-state index is 5.76. The van der Waals surface area contributed by atoms with Gasteiger partial charge in [0.2, 0.25) is 0 Å². The van der Waals surface area contributed by atoms with Crippen LogP contribution in [0.15, 0.2) is 12.1 Å². The maximum Gasteiger partial charge on any atom is 0.166 e. The number of hydrogen-bond donors (Lipinski definition) is 1. The second kappa shape index (κ2) is 5.44. The summed E-state index contributed by atoms with van der Waals surface area (Å²) in [6.45, 7) is 5.99. The van der Waals surface area contributed by atoms with Crippen LogP contribution in [0.2, 0.25) is 0 Å². The van der Waals surface area contributed by atoms with Crippen molar-refractivity contribution in [2.45, 2.75) is 33.6 Å². The van der Waals surface area contributed by atoms with Gasteiger partial charge in [0.1, 0.15) is 10.8 Å². The Morgan fingerprint density at radius 2 is 2.00 bits per heavy atom. The normalized spacial score (nSPS) is 10.7. The van der Waals surface area contributed by atoms with Crippen LogP contribution in [-0.2, 0) is 12.8 Å². The zero-order valence-electron chi connectivity index (χ0n) is 11.3. The number of hydrogen-bond acceptors (Lipinski definition) is 4. The predicted molar refractivity (Wildman–Crippen MR) is 78.5 cm³/mol. The Labute approximate surface area is 117 Å². The lowest BCUT2D eigenvalue weighted by Crippen LogP contribution is -2.17. The van der Waals surface area contributed by atoms with Crippen LogP contribution >= 0.6 is 12.2 Å². The van der Waals surface area contributed by atoms with E-state index >= 15 is 0 Å². The number of nitrogens with zero attached hydrogens (tertiary/aromatic N) is 4. The van der Waals surface area contributed by atoms with Crippen molar-refractivity contribution in [3.05, 3.63) is 35.0 Å². The van der Waals surface area contributed by atoms with Gasteiger partial charge in [-0.2, -0.15) is 4.68 Å². The second-order valence-electron chi connectivity index (χ2n) is 4.25. The van der Waals surface area contributed by atoms with Crippen LogP contribution in [0.5, 0.6) is 0 Å². The van der Waals surface area contributed by atoms with Crippen LogP contribution in [0, 0.1) is 6.92 Å². The Hall–Kier alpha value is -1.82. The van der Waals surface area contributed by atoms with E-state index < -0.39 is 0 Å². The lowest BCUT2D eigenvalue weighted by atomic mass is 10.2. The lowest BCUT2D eigenvalue weighted by molar-refractivity contribution is 0.764. The largest absolute Gasteiger partial charge is 0.389 e. The van der Waals surface area contributed by atoms with Crippen LogP contribution < -0.4 is 5.73 Å². The molecule has 0 bridgehead atoms. The Balaban J connectivity index is 2.66. The van der Waals surface area contributed by atoms with Gasteiger partial charge in [0.25, 0.3) is 0 Å². The van der Waals surface area contributed by atoms with E-state index in [1.807, 2.05) is 32.9 Å². The number of pyridine rings is 1. The highest BCUT2D eigenvalue weighted by molar-refractivity contribution is 7.80. The molecule has 0 amide bonds. The van der Waals surface area contributed by atoms with E-state index in [0.717, 1.165) is 35.7 Å². The molecule has 0 radical (unpaired) electrons. The zero-order valence-corrected chi connectivity index (χ0v) is 12.2. The van der Waals surface area contributed by atoms with Crippen LogP contribution in [0.25, 0.3) is 5.82 Å². The van der Waals surface area contributed by atoms with Gasteiger partial charge in [0, 0.05) is 18.5 Å². The fraction of sp³-hybridized carbons (Fsp3) is 0.385. The fourth-order valence-electron chi connectivity index (χ4n) is 1.84. The molecule has 2 heterocycles. The molecular weight excluding hydrogens is 258 g/mol. The highest BCUT2D eigenvalue weighted by Crippen LogP contribution is 2.15. The third-order valence-corrected chi connectivity index (χ3v) is 3.05. The third kappa shape index (κ3) is 2.63. The molecule has 0 fully saturated rings. The summed E-state index contributed by atoms with van der Waals surface area (Å²) in [6, 6.07) is 3.77. The first-order valence-corrected chi connectivity index (χ1v) is 6.70. The first kappa shape index (κ1) is 13.6. The molecule has 2 rings (SSSR count). The average molecular weight is 275 g/mol. The molecule has 0 unspecified atom stereocenters. The van der Waals surface area contributed by atoms with Crippen molar-refractivity contribution in [2.24, 2.45) is 5.73 Å². The van der Waals surface area contributed by atoms with E-state index in [9.17, 15) is 0 Å². The van der Waals surface area contributed by atoms with Gasteiger partial charge in [-0.05, 0) is 19.1 Å². The van der Waals surface area contributed by atoms with Gasteiger partial charge in [-0.3, -0.25) is 0 Å². The Bertz CT molecular complexity index is 617. The average Bonchev–Trinajstić information content (AvgIpc) is 2.81. The molecule has 0 aromatic carbocycles. The minimum Gasteiger partial charge on any atom is -0.389 e. The van der Waals surface area contributed by atoms with Crippen molar-refractivity contribution in [3.8, 4) is 5.82 Å². The third-order valence-electron chi connectivity index (χ3n) is 2.83. The minimum atomic E-state index is 0.318. The Morgan fingerprint density at radius 3 is 2.58 bits per heavy atom. The van der Waals surface area contributed by atoms with Crippen LogP contribution in [0.3, 0.4) is 0 Å². The second-order valence-corrected chi connectivity index (χ2v) is 4.69. The van der Waals surface area contributed by atoms with E-state index in [4.69, 9.17) is 18.0 Å². The molecule has 2 N–H and O–H groups in total. The lowest BCUT2D eigenvalue weighted by Gasteiger charge is -2.09. The van der Waals surface area contributed by atoms with Gasteiger partial charge in [-0.1, -0.05) is 26.1 Å². The standard InChI is InChI=1S/C13H17N5S/c1-4-10-16-11(5-2)18(17-10)13-9(12(14)19)7-6-8(3)15-13/h6-7H,4-5H2,1-3H3,(H2,14,19). The molecular formula is C13H17N5S. The summed E-state index contributed by atoms with van der Waals surface area (Å²) in [6.07, 6.45) is 1.56. The first-order chi connectivity index (χ1) is 9.06. The molecule has 0 saturated carbocycles. The minimum absolute atomic E-state index is 0.318. The van der Waals surface area contributed by atoms with Crippen LogP contribution in [-0.4, -0.2) is 24.7 Å². The zero-order chi connectivity index (χ0) is 14.0. The molecule has 6 heteroatoms. The topological polar surface area (TPSA) is 69.6 Å². The number of nitrogens with two attached hydrogens (primary N) is 1. The molecule has 0 aliphatic rings. The summed E-state index contributed by atoms with van der Waals surface area (Å²) < 4.78 is 1.75. The van der Waals surface area contributed by atoms with Gasteiger partial charge >= 0.3 is 0 Å². The van der Waals surface area contributed by atoms with Gasteiger partial charge in [0.05, 0.1) is 5.56 Å². The number of aryl methyl sites for hydroxylation is 3. The first-order valence-electron chi connectivity index (χ1n) is 6.29. The molecule has 5 nitrogen and oxygen atoms in total. The summed E-state index contributed by atoms with van der Waals surface area (Å²) in [5.41, 5.74) is 7.38. The summed E-state index contributed by atoms with van der Waals surface area (Å²) in [5, 5.41) is 4.48. The molecule has 0 atom stereocenters. The molecule has 100 valence electrons. The number of thiocarbonyl (C=S) groups is 1. The number of rotatable bonds is 4. The summed E-state index contributed by atoms with van der Waals surface area (Å²) in [7, 11) is 0. The van der Waals surface area contributed by atoms with Crippen LogP contribution in [0.1, 0.15) is 36.8 Å². The smallest absolute Gasteiger partial charge is 0.166 e. The van der Waals surface area contributed by atoms with Crippen molar-refractivity contribution >= 4 is 17.2 Å². The predicted octanol–water partition coefficient (Wildman–Crippen LogP) is 1.73. The maximum absolute atomic E-state index is 5.76. The Kier molecular flexibility index (Phi) is 3.90. The molecule has 0 saturated heterocycles. The van der Waals surface area contributed by atoms with E-state index in [2.05, 4.69) is 15.1 Å². The molecule has 2 aromatic rings. The highest BCUT2D eigenvalue weighted by atomic mass is 32.1. The quantitative estimate of drug-likeness (QED) is 0.861. The SMILES string of the molecule is CCc1nc(CC)n(-c2nc(C)ccc2C(N)=S)n1. The van der Waals surface area contributed by atoms with Crippen LogP contribution in [0.4, 0.5) is 0 Å². The van der Waals surface area contributed by atoms with E-state index in [1.54, 1.807) is 4.68 Å². The summed E-state index contributed by atoms with van der Waals surface area (Å²) in [4.78, 5) is 9.31. The van der Waals surface area contributed by atoms with E-state index in [-0.39, 0.29) is 0 Å². The van der Waals surface area contributed by atoms with Gasteiger partial charge in [0.15, 0.2) is 11.6 Å². The summed E-state index contributed by atoms with van der Waals surface area (Å²) >= 11 is 5.08. The molecule has 0 aliphatic carbocycles. The highest BCUT2D eigenvalue weighted by Gasteiger charge is 2.15. The fourth-order valence-corrected chi connectivity index (χ4v) is 2.00. The van der Waals surface area contributed by atoms with Gasteiger partial charge in [-0.15, -0.1) is 5.10 Å². The molecule has 0 aliphatic heterocycles. The molecule has 19 heavy (non-hydrogen) atoms. The molecule has 2 aromatic heterocycles.